The van der Waals surface area contributed by atoms with Gasteiger partial charge in [-0.25, -0.2) is 0 Å². The molecule has 2 N–H and O–H groups in total. The molecule has 0 spiro atoms. The maximum Gasteiger partial charge on any atom is 0.191 e. The van der Waals surface area contributed by atoms with Gasteiger partial charge in [-0.1, -0.05) is 30.7 Å². The van der Waals surface area contributed by atoms with E-state index in [4.69, 9.17) is 9.47 Å². The first kappa shape index (κ1) is 26.4. The van der Waals surface area contributed by atoms with Crippen LogP contribution in [0.3, 0.4) is 0 Å². The fourth-order valence-electron chi connectivity index (χ4n) is 4.27. The molecule has 0 bridgehead atoms. The van der Waals surface area contributed by atoms with Crippen LogP contribution in [0.25, 0.3) is 0 Å². The number of halogens is 1. The first-order valence-corrected chi connectivity index (χ1v) is 11.7. The Kier molecular flexibility index (Phi) is 12.8. The lowest BCUT2D eigenvalue weighted by Crippen LogP contribution is -2.39. The zero-order valence-corrected chi connectivity index (χ0v) is 21.6. The van der Waals surface area contributed by atoms with E-state index in [2.05, 4.69) is 51.7 Å². The summed E-state index contributed by atoms with van der Waals surface area (Å²) in [7, 11) is 1.82. The molecule has 2 atom stereocenters. The third-order valence-corrected chi connectivity index (χ3v) is 6.19. The van der Waals surface area contributed by atoms with Gasteiger partial charge >= 0.3 is 0 Å². The Labute approximate surface area is 205 Å². The van der Waals surface area contributed by atoms with Gasteiger partial charge in [0.05, 0.1) is 12.7 Å². The molecular weight excluding hydrogens is 503 g/mol. The van der Waals surface area contributed by atoms with Crippen LogP contribution in [0.5, 0.6) is 0 Å². The average molecular weight is 545 g/mol. The molecule has 0 saturated carbocycles. The second-order valence-corrected chi connectivity index (χ2v) is 8.50. The molecule has 0 radical (unpaired) electrons. The zero-order chi connectivity index (χ0) is 21.0. The first-order chi connectivity index (χ1) is 14.8. The molecule has 0 amide bonds. The number of hydrogen-bond donors (Lipinski definition) is 2. The van der Waals surface area contributed by atoms with Crippen molar-refractivity contribution in [3.05, 3.63) is 35.4 Å². The van der Waals surface area contributed by atoms with Crippen LogP contribution >= 0.6 is 24.0 Å². The van der Waals surface area contributed by atoms with Crippen LogP contribution in [0.1, 0.15) is 56.6 Å². The fourth-order valence-corrected chi connectivity index (χ4v) is 4.27. The molecule has 2 aliphatic heterocycles. The molecule has 6 nitrogen and oxygen atoms in total. The highest BCUT2D eigenvalue weighted by molar-refractivity contribution is 14.0. The Morgan fingerprint density at radius 2 is 2.00 bits per heavy atom. The summed E-state index contributed by atoms with van der Waals surface area (Å²) >= 11 is 0. The van der Waals surface area contributed by atoms with E-state index in [0.29, 0.717) is 12.1 Å². The summed E-state index contributed by atoms with van der Waals surface area (Å²) in [6, 6.07) is 9.44. The van der Waals surface area contributed by atoms with Crippen LogP contribution in [0.4, 0.5) is 0 Å². The van der Waals surface area contributed by atoms with Gasteiger partial charge in [0, 0.05) is 45.9 Å². The van der Waals surface area contributed by atoms with Crippen LogP contribution < -0.4 is 10.6 Å². The van der Waals surface area contributed by atoms with Crippen molar-refractivity contribution in [1.82, 2.24) is 15.5 Å². The van der Waals surface area contributed by atoms with Gasteiger partial charge in [0.15, 0.2) is 5.96 Å². The summed E-state index contributed by atoms with van der Waals surface area (Å²) in [5.74, 6) is 0.843. The van der Waals surface area contributed by atoms with Gasteiger partial charge in [0.25, 0.3) is 0 Å². The van der Waals surface area contributed by atoms with Crippen molar-refractivity contribution in [2.24, 2.45) is 4.99 Å². The molecule has 176 valence electrons. The minimum atomic E-state index is 0. The molecule has 1 aromatic carbocycles. The third kappa shape index (κ3) is 9.24. The number of ether oxygens (including phenoxy) is 2. The van der Waals surface area contributed by atoms with E-state index in [-0.39, 0.29) is 24.0 Å². The second-order valence-electron chi connectivity index (χ2n) is 8.50. The van der Waals surface area contributed by atoms with Gasteiger partial charge < -0.3 is 20.1 Å². The minimum absolute atomic E-state index is 0. The zero-order valence-electron chi connectivity index (χ0n) is 19.3. The number of benzene rings is 1. The van der Waals surface area contributed by atoms with E-state index >= 15 is 0 Å². The summed E-state index contributed by atoms with van der Waals surface area (Å²) in [6.45, 7) is 8.59. The Morgan fingerprint density at radius 1 is 1.16 bits per heavy atom. The second kappa shape index (κ2) is 15.0. The molecule has 2 heterocycles. The van der Waals surface area contributed by atoms with Gasteiger partial charge in [-0.3, -0.25) is 9.89 Å². The van der Waals surface area contributed by atoms with Gasteiger partial charge in [0.2, 0.25) is 0 Å². The monoisotopic (exact) mass is 544 g/mol. The largest absolute Gasteiger partial charge is 0.379 e. The van der Waals surface area contributed by atoms with Crippen molar-refractivity contribution in [2.75, 3.05) is 40.0 Å². The van der Waals surface area contributed by atoms with Gasteiger partial charge in [-0.05, 0) is 56.7 Å². The smallest absolute Gasteiger partial charge is 0.191 e. The third-order valence-electron chi connectivity index (χ3n) is 6.19. The highest BCUT2D eigenvalue weighted by Gasteiger charge is 2.19. The average Bonchev–Trinajstić information content (AvgIpc) is 3.29. The van der Waals surface area contributed by atoms with E-state index < -0.39 is 0 Å². The van der Waals surface area contributed by atoms with Gasteiger partial charge in [-0.2, -0.15) is 0 Å². The summed E-state index contributed by atoms with van der Waals surface area (Å²) in [5, 5.41) is 6.86. The Morgan fingerprint density at radius 3 is 2.74 bits per heavy atom. The van der Waals surface area contributed by atoms with Crippen molar-refractivity contribution < 1.29 is 9.47 Å². The lowest BCUT2D eigenvalue weighted by Gasteiger charge is -2.33. The predicted octanol–water partition coefficient (Wildman–Crippen LogP) is 3.93. The standard InChI is InChI=1S/C24H40N4O2.HI/c1-20-9-5-6-14-28(20)18-22-11-4-3-10-21(22)17-27-24(25-2)26-13-8-15-29-19-23-12-7-16-30-23;/h3-4,10-11,20,23H,5-9,12-19H2,1-2H3,(H2,25,26,27);1H. The lowest BCUT2D eigenvalue weighted by molar-refractivity contribution is 0.0168. The Bertz CT molecular complexity index is 652. The molecule has 2 saturated heterocycles. The van der Waals surface area contributed by atoms with E-state index in [1.54, 1.807) is 0 Å². The number of hydrogen-bond acceptors (Lipinski definition) is 4. The topological polar surface area (TPSA) is 58.1 Å². The lowest BCUT2D eigenvalue weighted by atomic mass is 10.0. The summed E-state index contributed by atoms with van der Waals surface area (Å²) < 4.78 is 11.3. The van der Waals surface area contributed by atoms with E-state index in [1.807, 2.05) is 7.05 Å². The number of rotatable bonds is 10. The number of nitrogens with one attached hydrogen (secondary N) is 2. The minimum Gasteiger partial charge on any atom is -0.379 e. The molecule has 2 fully saturated rings. The maximum absolute atomic E-state index is 5.73. The highest BCUT2D eigenvalue weighted by atomic mass is 127. The molecule has 1 aromatic rings. The predicted molar refractivity (Wildman–Crippen MR) is 138 cm³/mol. The van der Waals surface area contributed by atoms with E-state index in [0.717, 1.165) is 64.7 Å². The van der Waals surface area contributed by atoms with Gasteiger partial charge in [0.1, 0.15) is 0 Å². The van der Waals surface area contributed by atoms with Crippen LogP contribution in [-0.4, -0.2) is 63.0 Å². The molecule has 3 rings (SSSR count). The van der Waals surface area contributed by atoms with Crippen molar-refractivity contribution in [3.8, 4) is 0 Å². The number of aliphatic imine (C=N–C) groups is 1. The van der Waals surface area contributed by atoms with Crippen molar-refractivity contribution in [1.29, 1.82) is 0 Å². The highest BCUT2D eigenvalue weighted by Crippen LogP contribution is 2.20. The van der Waals surface area contributed by atoms with Crippen molar-refractivity contribution in [2.45, 2.75) is 70.7 Å². The van der Waals surface area contributed by atoms with Crippen LogP contribution in [0, 0.1) is 0 Å². The number of nitrogens with zero attached hydrogens (tertiary/aromatic N) is 2. The molecular formula is C24H41IN4O2. The Balaban J connectivity index is 0.00000341. The molecule has 2 aliphatic rings. The molecule has 7 heteroatoms. The molecule has 2 unspecified atom stereocenters. The number of piperidine rings is 1. The van der Waals surface area contributed by atoms with Gasteiger partial charge in [-0.15, -0.1) is 24.0 Å². The molecule has 31 heavy (non-hydrogen) atoms. The van der Waals surface area contributed by atoms with Crippen LogP contribution in [0.15, 0.2) is 29.3 Å². The SMILES string of the molecule is CN=C(NCCCOCC1CCCO1)NCc1ccccc1CN1CCCCC1C.I. The summed E-state index contributed by atoms with van der Waals surface area (Å²) in [6.07, 6.45) is 7.55. The first-order valence-electron chi connectivity index (χ1n) is 11.7. The number of likely N-dealkylation sites (tertiary alicyclic amines) is 1. The maximum atomic E-state index is 5.73. The summed E-state index contributed by atoms with van der Waals surface area (Å²) in [4.78, 5) is 6.98. The van der Waals surface area contributed by atoms with Crippen molar-refractivity contribution >= 4 is 29.9 Å². The van der Waals surface area contributed by atoms with Crippen LogP contribution in [-0.2, 0) is 22.6 Å². The van der Waals surface area contributed by atoms with Crippen LogP contribution in [0.2, 0.25) is 0 Å². The van der Waals surface area contributed by atoms with E-state index in [9.17, 15) is 0 Å². The summed E-state index contributed by atoms with van der Waals surface area (Å²) in [5.41, 5.74) is 2.76. The fraction of sp³-hybridized carbons (Fsp3) is 0.708. The van der Waals surface area contributed by atoms with E-state index in [1.165, 1.54) is 36.9 Å². The number of guanidine groups is 1. The van der Waals surface area contributed by atoms with Crippen molar-refractivity contribution in [3.63, 3.8) is 0 Å². The molecule has 0 aromatic heterocycles. The Hall–Kier alpha value is -0.900. The quantitative estimate of drug-likeness (QED) is 0.202. The normalized spacial score (nSPS) is 22.2. The molecule has 0 aliphatic carbocycles.